The predicted octanol–water partition coefficient (Wildman–Crippen LogP) is 4.65. The van der Waals surface area contributed by atoms with Gasteiger partial charge in [-0.15, -0.1) is 35.3 Å². The number of benzene rings is 1. The van der Waals surface area contributed by atoms with Crippen LogP contribution in [0.3, 0.4) is 0 Å². The minimum atomic E-state index is -4.32. The smallest absolute Gasteiger partial charge is 0.357 e. The van der Waals surface area contributed by atoms with Gasteiger partial charge in [0.25, 0.3) is 0 Å². The van der Waals surface area contributed by atoms with E-state index in [2.05, 4.69) is 20.6 Å². The number of hydrogen-bond acceptors (Lipinski definition) is 3. The first-order valence-electron chi connectivity index (χ1n) is 7.90. The first kappa shape index (κ1) is 22.7. The molecule has 0 aliphatic heterocycles. The molecule has 0 unspecified atom stereocenters. The van der Waals surface area contributed by atoms with Gasteiger partial charge in [-0.25, -0.2) is 9.98 Å². The molecule has 0 fully saturated rings. The van der Waals surface area contributed by atoms with Gasteiger partial charge >= 0.3 is 6.18 Å². The van der Waals surface area contributed by atoms with Crippen molar-refractivity contribution in [2.45, 2.75) is 40.0 Å². The largest absolute Gasteiger partial charge is 0.416 e. The van der Waals surface area contributed by atoms with Crippen LogP contribution in [0.1, 0.15) is 33.6 Å². The number of nitrogens with zero attached hydrogens (tertiary/aromatic N) is 2. The number of guanidine groups is 1. The Labute approximate surface area is 172 Å². The molecule has 2 N–H and O–H groups in total. The van der Waals surface area contributed by atoms with Crippen LogP contribution < -0.4 is 10.6 Å². The zero-order chi connectivity index (χ0) is 18.4. The van der Waals surface area contributed by atoms with E-state index < -0.39 is 11.7 Å². The molecule has 2 rings (SSSR count). The first-order chi connectivity index (χ1) is 11.8. The molecule has 2 aromatic rings. The number of hydrogen-bond donors (Lipinski definition) is 2. The van der Waals surface area contributed by atoms with Crippen molar-refractivity contribution in [2.24, 2.45) is 4.99 Å². The van der Waals surface area contributed by atoms with Crippen molar-refractivity contribution in [3.63, 3.8) is 0 Å². The van der Waals surface area contributed by atoms with Crippen molar-refractivity contribution in [1.29, 1.82) is 0 Å². The maximum atomic E-state index is 12.6. The van der Waals surface area contributed by atoms with Crippen LogP contribution in [0.25, 0.3) is 0 Å². The number of alkyl halides is 3. The quantitative estimate of drug-likeness (QED) is 0.359. The Bertz CT molecular complexity index is 727. The molecular formula is C17H22F3IN4S. The van der Waals surface area contributed by atoms with E-state index in [0.29, 0.717) is 25.6 Å². The molecule has 9 heteroatoms. The third kappa shape index (κ3) is 6.75. The van der Waals surface area contributed by atoms with E-state index in [1.54, 1.807) is 11.3 Å². The van der Waals surface area contributed by atoms with Crippen molar-refractivity contribution in [3.8, 4) is 0 Å². The van der Waals surface area contributed by atoms with Gasteiger partial charge in [0.1, 0.15) is 0 Å². The summed E-state index contributed by atoms with van der Waals surface area (Å²) in [7, 11) is 0. The number of nitrogens with one attached hydrogen (secondary N) is 2. The van der Waals surface area contributed by atoms with Gasteiger partial charge in [-0.05, 0) is 38.5 Å². The average molecular weight is 498 g/mol. The summed E-state index contributed by atoms with van der Waals surface area (Å²) >= 11 is 1.63. The fourth-order valence-corrected chi connectivity index (χ4v) is 3.09. The summed E-state index contributed by atoms with van der Waals surface area (Å²) in [5.41, 5.74) is 1.06. The summed E-state index contributed by atoms with van der Waals surface area (Å²) in [6.07, 6.45) is -4.32. The normalized spacial score (nSPS) is 11.8. The van der Waals surface area contributed by atoms with Crippen LogP contribution in [-0.4, -0.2) is 17.5 Å². The molecule has 0 spiro atoms. The SMILES string of the molecule is CCNC(=NCc1ccc(C(F)(F)F)cc1)NCc1sc(C)nc1C.I. The van der Waals surface area contributed by atoms with Crippen molar-refractivity contribution in [1.82, 2.24) is 15.6 Å². The average Bonchev–Trinajstić information content (AvgIpc) is 2.87. The lowest BCUT2D eigenvalue weighted by Gasteiger charge is -2.11. The van der Waals surface area contributed by atoms with E-state index in [-0.39, 0.29) is 24.0 Å². The second-order valence-electron chi connectivity index (χ2n) is 5.48. The molecule has 0 atom stereocenters. The van der Waals surface area contributed by atoms with Gasteiger partial charge in [-0.3, -0.25) is 0 Å². The van der Waals surface area contributed by atoms with Crippen molar-refractivity contribution in [3.05, 3.63) is 51.0 Å². The second kappa shape index (κ2) is 10.1. The van der Waals surface area contributed by atoms with Crippen LogP contribution in [0, 0.1) is 13.8 Å². The second-order valence-corrected chi connectivity index (χ2v) is 6.77. The van der Waals surface area contributed by atoms with Gasteiger partial charge < -0.3 is 10.6 Å². The Balaban J connectivity index is 0.00000338. The third-order valence-electron chi connectivity index (χ3n) is 3.46. The van der Waals surface area contributed by atoms with E-state index in [9.17, 15) is 13.2 Å². The molecule has 1 heterocycles. The van der Waals surface area contributed by atoms with Gasteiger partial charge in [0.2, 0.25) is 0 Å². The highest BCUT2D eigenvalue weighted by Gasteiger charge is 2.29. The fourth-order valence-electron chi connectivity index (χ4n) is 2.21. The van der Waals surface area contributed by atoms with E-state index in [4.69, 9.17) is 0 Å². The summed E-state index contributed by atoms with van der Waals surface area (Å²) in [6, 6.07) is 5.06. The van der Waals surface area contributed by atoms with Crippen LogP contribution >= 0.6 is 35.3 Å². The van der Waals surface area contributed by atoms with Crippen molar-refractivity contribution in [2.75, 3.05) is 6.54 Å². The highest BCUT2D eigenvalue weighted by atomic mass is 127. The van der Waals surface area contributed by atoms with Crippen LogP contribution in [0.5, 0.6) is 0 Å². The summed E-state index contributed by atoms with van der Waals surface area (Å²) in [4.78, 5) is 9.94. The van der Waals surface area contributed by atoms with E-state index in [1.807, 2.05) is 20.8 Å². The molecule has 0 amide bonds. The fraction of sp³-hybridized carbons (Fsp3) is 0.412. The molecule has 144 valence electrons. The Kier molecular flexibility index (Phi) is 8.81. The number of aryl methyl sites for hydroxylation is 2. The maximum absolute atomic E-state index is 12.6. The Morgan fingerprint density at radius 3 is 2.31 bits per heavy atom. The van der Waals surface area contributed by atoms with Gasteiger partial charge in [0.15, 0.2) is 5.96 Å². The maximum Gasteiger partial charge on any atom is 0.416 e. The summed E-state index contributed by atoms with van der Waals surface area (Å²) < 4.78 is 37.7. The van der Waals surface area contributed by atoms with Gasteiger partial charge in [0, 0.05) is 11.4 Å². The number of thiazole rings is 1. The molecule has 1 aromatic carbocycles. The summed E-state index contributed by atoms with van der Waals surface area (Å²) in [5.74, 6) is 0.618. The molecule has 0 aliphatic carbocycles. The van der Waals surface area contributed by atoms with E-state index in [0.717, 1.165) is 33.3 Å². The molecule has 0 radical (unpaired) electrons. The Morgan fingerprint density at radius 1 is 1.15 bits per heavy atom. The van der Waals surface area contributed by atoms with Crippen LogP contribution in [0.2, 0.25) is 0 Å². The minimum absolute atomic E-state index is 0. The third-order valence-corrected chi connectivity index (χ3v) is 4.53. The van der Waals surface area contributed by atoms with E-state index in [1.165, 1.54) is 12.1 Å². The zero-order valence-corrected chi connectivity index (χ0v) is 17.9. The molecular weight excluding hydrogens is 476 g/mol. The molecule has 0 saturated carbocycles. The van der Waals surface area contributed by atoms with Crippen LogP contribution in [0.4, 0.5) is 13.2 Å². The lowest BCUT2D eigenvalue weighted by molar-refractivity contribution is -0.137. The van der Waals surface area contributed by atoms with Gasteiger partial charge in [-0.2, -0.15) is 13.2 Å². The lowest BCUT2D eigenvalue weighted by atomic mass is 10.1. The van der Waals surface area contributed by atoms with Gasteiger partial charge in [-0.1, -0.05) is 12.1 Å². The Morgan fingerprint density at radius 2 is 1.81 bits per heavy atom. The summed E-state index contributed by atoms with van der Waals surface area (Å²) in [5, 5.41) is 7.37. The number of halogens is 4. The zero-order valence-electron chi connectivity index (χ0n) is 14.8. The van der Waals surface area contributed by atoms with Crippen molar-refractivity contribution >= 4 is 41.3 Å². The molecule has 4 nitrogen and oxygen atoms in total. The minimum Gasteiger partial charge on any atom is -0.357 e. The Hall–Kier alpha value is -1.36. The van der Waals surface area contributed by atoms with Crippen LogP contribution in [0.15, 0.2) is 29.3 Å². The topological polar surface area (TPSA) is 49.3 Å². The predicted molar refractivity (Wildman–Crippen MR) is 110 cm³/mol. The van der Waals surface area contributed by atoms with E-state index >= 15 is 0 Å². The van der Waals surface area contributed by atoms with Gasteiger partial charge in [0.05, 0.1) is 29.4 Å². The first-order valence-corrected chi connectivity index (χ1v) is 8.72. The number of rotatable bonds is 5. The number of aliphatic imine (C=N–C) groups is 1. The monoisotopic (exact) mass is 498 g/mol. The molecule has 0 aliphatic rings. The lowest BCUT2D eigenvalue weighted by Crippen LogP contribution is -2.36. The molecule has 26 heavy (non-hydrogen) atoms. The number of aromatic nitrogens is 1. The summed E-state index contributed by atoms with van der Waals surface area (Å²) in [6.45, 7) is 7.49. The molecule has 0 bridgehead atoms. The molecule has 1 aromatic heterocycles. The highest BCUT2D eigenvalue weighted by molar-refractivity contribution is 14.0. The molecule has 0 saturated heterocycles. The standard InChI is InChI=1S/C17H21F3N4S.HI/c1-4-21-16(23-10-15-11(2)24-12(3)25-15)22-9-13-5-7-14(8-6-13)17(18,19)20;/h5-8H,4,9-10H2,1-3H3,(H2,21,22,23);1H. The van der Waals surface area contributed by atoms with Crippen LogP contribution in [-0.2, 0) is 19.3 Å². The van der Waals surface area contributed by atoms with Crippen molar-refractivity contribution < 1.29 is 13.2 Å². The highest BCUT2D eigenvalue weighted by Crippen LogP contribution is 2.29.